The van der Waals surface area contributed by atoms with Crippen molar-refractivity contribution in [2.75, 3.05) is 0 Å². The van der Waals surface area contributed by atoms with Crippen LogP contribution in [0.1, 0.15) is 68.2 Å². The van der Waals surface area contributed by atoms with Crippen molar-refractivity contribution in [3.8, 4) is 0 Å². The number of esters is 2. The molecule has 0 aromatic rings. The third-order valence-electron chi connectivity index (χ3n) is 2.63. The Labute approximate surface area is 116 Å². The minimum atomic E-state index is -0.838. The maximum Gasteiger partial charge on any atom is 0.312 e. The van der Waals surface area contributed by atoms with Crippen molar-refractivity contribution in [2.24, 2.45) is 5.41 Å². The molecule has 19 heavy (non-hydrogen) atoms. The first-order chi connectivity index (χ1) is 8.29. The molecule has 0 heterocycles. The van der Waals surface area contributed by atoms with Gasteiger partial charge in [0.15, 0.2) is 0 Å². The molecule has 0 aliphatic carbocycles. The monoisotopic (exact) mass is 272 g/mol. The third-order valence-corrected chi connectivity index (χ3v) is 2.63. The van der Waals surface area contributed by atoms with Gasteiger partial charge in [0.1, 0.15) is 11.2 Å². The summed E-state index contributed by atoms with van der Waals surface area (Å²) in [5, 5.41) is 0. The van der Waals surface area contributed by atoms with Crippen LogP contribution < -0.4 is 0 Å². The summed E-state index contributed by atoms with van der Waals surface area (Å²) < 4.78 is 10.6. The molecule has 0 aliphatic rings. The Morgan fingerprint density at radius 2 is 1.26 bits per heavy atom. The van der Waals surface area contributed by atoms with Crippen LogP contribution in [0, 0.1) is 5.41 Å². The molecule has 0 amide bonds. The molecular formula is C15H28O4. The van der Waals surface area contributed by atoms with E-state index in [0.29, 0.717) is 6.42 Å². The molecule has 1 atom stereocenters. The highest BCUT2D eigenvalue weighted by molar-refractivity contribution is 5.83. The predicted octanol–water partition coefficient (Wildman–Crippen LogP) is 3.48. The third kappa shape index (κ3) is 7.19. The van der Waals surface area contributed by atoms with Gasteiger partial charge in [0.25, 0.3) is 0 Å². The van der Waals surface area contributed by atoms with Crippen LogP contribution in [0.3, 0.4) is 0 Å². The molecule has 0 aliphatic heterocycles. The summed E-state index contributed by atoms with van der Waals surface area (Å²) in [7, 11) is 0. The average Bonchev–Trinajstić information content (AvgIpc) is 2.11. The lowest BCUT2D eigenvalue weighted by molar-refractivity contribution is -0.174. The second-order valence-electron chi connectivity index (χ2n) is 7.18. The minimum absolute atomic E-state index is 0.0374. The summed E-state index contributed by atoms with van der Waals surface area (Å²) in [6, 6.07) is 0. The summed E-state index contributed by atoms with van der Waals surface area (Å²) >= 11 is 0. The number of hydrogen-bond acceptors (Lipinski definition) is 4. The van der Waals surface area contributed by atoms with Crippen LogP contribution in [0.4, 0.5) is 0 Å². The van der Waals surface area contributed by atoms with E-state index in [0.717, 1.165) is 0 Å². The first-order valence-corrected chi connectivity index (χ1v) is 6.74. The van der Waals surface area contributed by atoms with Crippen LogP contribution in [0.5, 0.6) is 0 Å². The van der Waals surface area contributed by atoms with Crippen molar-refractivity contribution in [3.05, 3.63) is 0 Å². The Kier molecular flexibility index (Phi) is 5.60. The molecule has 0 rings (SSSR count). The highest BCUT2D eigenvalue weighted by Gasteiger charge is 2.38. The van der Waals surface area contributed by atoms with E-state index in [1.807, 2.05) is 48.5 Å². The Hall–Kier alpha value is -1.06. The lowest BCUT2D eigenvalue weighted by Gasteiger charge is -2.31. The predicted molar refractivity (Wildman–Crippen MR) is 74.7 cm³/mol. The molecule has 112 valence electrons. The number of ether oxygens (including phenoxy) is 2. The zero-order chi connectivity index (χ0) is 15.5. The largest absolute Gasteiger partial charge is 0.460 e. The van der Waals surface area contributed by atoms with E-state index in [9.17, 15) is 9.59 Å². The van der Waals surface area contributed by atoms with Gasteiger partial charge >= 0.3 is 11.9 Å². The van der Waals surface area contributed by atoms with Crippen LogP contribution in [-0.2, 0) is 19.1 Å². The van der Waals surface area contributed by atoms with Crippen molar-refractivity contribution in [1.82, 2.24) is 0 Å². The Morgan fingerprint density at radius 3 is 1.58 bits per heavy atom. The van der Waals surface area contributed by atoms with Crippen LogP contribution in [0.15, 0.2) is 0 Å². The summed E-state index contributed by atoms with van der Waals surface area (Å²) in [6.07, 6.45) is 0.566. The van der Waals surface area contributed by atoms with E-state index in [1.165, 1.54) is 0 Å². The van der Waals surface area contributed by atoms with E-state index in [1.54, 1.807) is 6.92 Å². The number of rotatable bonds is 4. The summed E-state index contributed by atoms with van der Waals surface area (Å²) in [5.41, 5.74) is -1.93. The standard InChI is InChI=1S/C15H28O4/c1-9-15(8,12(17)19-14(5,6)7)10-11(16)18-13(2,3)4/h9-10H2,1-8H3. The lowest BCUT2D eigenvalue weighted by atomic mass is 9.84. The van der Waals surface area contributed by atoms with E-state index in [4.69, 9.17) is 9.47 Å². The summed E-state index contributed by atoms with van der Waals surface area (Å²) in [4.78, 5) is 24.1. The maximum atomic E-state index is 12.2. The van der Waals surface area contributed by atoms with E-state index >= 15 is 0 Å². The first kappa shape index (κ1) is 17.9. The quantitative estimate of drug-likeness (QED) is 0.735. The fourth-order valence-corrected chi connectivity index (χ4v) is 1.44. The first-order valence-electron chi connectivity index (χ1n) is 6.74. The van der Waals surface area contributed by atoms with Gasteiger partial charge in [-0.2, -0.15) is 0 Å². The highest BCUT2D eigenvalue weighted by Crippen LogP contribution is 2.30. The van der Waals surface area contributed by atoms with Gasteiger partial charge in [0.05, 0.1) is 11.8 Å². The van der Waals surface area contributed by atoms with Gasteiger partial charge in [-0.1, -0.05) is 6.92 Å². The van der Waals surface area contributed by atoms with Crippen molar-refractivity contribution in [3.63, 3.8) is 0 Å². The molecule has 0 saturated heterocycles. The van der Waals surface area contributed by atoms with Crippen molar-refractivity contribution >= 4 is 11.9 Å². The smallest absolute Gasteiger partial charge is 0.312 e. The van der Waals surface area contributed by atoms with E-state index in [2.05, 4.69) is 0 Å². The zero-order valence-electron chi connectivity index (χ0n) is 13.5. The second kappa shape index (κ2) is 5.93. The van der Waals surface area contributed by atoms with Gasteiger partial charge in [-0.25, -0.2) is 0 Å². The molecule has 0 aromatic carbocycles. The van der Waals surface area contributed by atoms with Crippen LogP contribution in [0.2, 0.25) is 0 Å². The van der Waals surface area contributed by atoms with Gasteiger partial charge in [-0.3, -0.25) is 9.59 Å². The zero-order valence-corrected chi connectivity index (χ0v) is 13.5. The molecule has 0 spiro atoms. The van der Waals surface area contributed by atoms with E-state index in [-0.39, 0.29) is 18.4 Å². The molecule has 0 aromatic heterocycles. The normalized spacial score (nSPS) is 15.6. The fraction of sp³-hybridized carbons (Fsp3) is 0.867. The molecular weight excluding hydrogens is 244 g/mol. The van der Waals surface area contributed by atoms with Crippen molar-refractivity contribution in [2.45, 2.75) is 79.4 Å². The second-order valence-corrected chi connectivity index (χ2v) is 7.18. The topological polar surface area (TPSA) is 52.6 Å². The lowest BCUT2D eigenvalue weighted by Crippen LogP contribution is -2.38. The molecule has 1 unspecified atom stereocenters. The molecule has 0 N–H and O–H groups in total. The van der Waals surface area contributed by atoms with Gasteiger partial charge in [0, 0.05) is 0 Å². The molecule has 0 radical (unpaired) electrons. The molecule has 0 saturated carbocycles. The van der Waals surface area contributed by atoms with Crippen LogP contribution >= 0.6 is 0 Å². The van der Waals surface area contributed by atoms with Gasteiger partial charge in [0.2, 0.25) is 0 Å². The molecule has 0 fully saturated rings. The van der Waals surface area contributed by atoms with Crippen molar-refractivity contribution < 1.29 is 19.1 Å². The summed E-state index contributed by atoms with van der Waals surface area (Å²) in [6.45, 7) is 14.5. The van der Waals surface area contributed by atoms with E-state index < -0.39 is 16.6 Å². The van der Waals surface area contributed by atoms with Gasteiger partial charge in [-0.15, -0.1) is 0 Å². The maximum absolute atomic E-state index is 12.2. The molecule has 0 bridgehead atoms. The number of carbonyl (C=O) groups excluding carboxylic acids is 2. The minimum Gasteiger partial charge on any atom is -0.460 e. The number of hydrogen-bond donors (Lipinski definition) is 0. The van der Waals surface area contributed by atoms with Gasteiger partial charge < -0.3 is 9.47 Å². The Balaban J connectivity index is 4.79. The van der Waals surface area contributed by atoms with Crippen molar-refractivity contribution in [1.29, 1.82) is 0 Å². The Bertz CT molecular complexity index is 333. The Morgan fingerprint density at radius 1 is 0.842 bits per heavy atom. The molecule has 4 nitrogen and oxygen atoms in total. The highest BCUT2D eigenvalue weighted by atomic mass is 16.6. The fourth-order valence-electron chi connectivity index (χ4n) is 1.44. The SMILES string of the molecule is CCC(C)(CC(=O)OC(C)(C)C)C(=O)OC(C)(C)C. The number of carbonyl (C=O) groups is 2. The molecule has 4 heteroatoms. The van der Waals surface area contributed by atoms with Gasteiger partial charge in [-0.05, 0) is 54.9 Å². The summed E-state index contributed by atoms with van der Waals surface area (Å²) in [5.74, 6) is -0.726. The van der Waals surface area contributed by atoms with Crippen LogP contribution in [0.25, 0.3) is 0 Å². The van der Waals surface area contributed by atoms with Crippen LogP contribution in [-0.4, -0.2) is 23.1 Å². The average molecular weight is 272 g/mol.